The Kier molecular flexibility index (Phi) is 7.04. The van der Waals surface area contributed by atoms with Gasteiger partial charge in [-0.05, 0) is 28.3 Å². The fraction of sp³-hybridized carbons (Fsp3) is 0.100. The molecule has 35 heavy (non-hydrogen) atoms. The highest BCUT2D eigenvalue weighted by Crippen LogP contribution is 2.39. The van der Waals surface area contributed by atoms with Crippen LogP contribution in [-0.2, 0) is 21.4 Å². The highest BCUT2D eigenvalue weighted by molar-refractivity contribution is 5.98. The summed E-state index contributed by atoms with van der Waals surface area (Å²) >= 11 is 0. The van der Waals surface area contributed by atoms with Crippen molar-refractivity contribution >= 4 is 11.8 Å². The number of nitrogens with two attached hydrogens (primary N) is 1. The highest BCUT2D eigenvalue weighted by atomic mass is 16.2. The van der Waals surface area contributed by atoms with Gasteiger partial charge in [-0.25, -0.2) is 0 Å². The molecule has 0 aliphatic carbocycles. The molecule has 0 saturated heterocycles. The number of hydrogen-bond donors (Lipinski definition) is 2. The van der Waals surface area contributed by atoms with Gasteiger partial charge in [-0.2, -0.15) is 5.26 Å². The summed E-state index contributed by atoms with van der Waals surface area (Å²) in [6.45, 7) is 0. The summed E-state index contributed by atoms with van der Waals surface area (Å²) in [5.74, 6) is -1.05. The lowest BCUT2D eigenvalue weighted by molar-refractivity contribution is -0.129. The lowest BCUT2D eigenvalue weighted by Gasteiger charge is -2.35. The number of amides is 2. The summed E-state index contributed by atoms with van der Waals surface area (Å²) in [6, 6.07) is 36.6. The van der Waals surface area contributed by atoms with E-state index in [1.807, 2.05) is 91.0 Å². The van der Waals surface area contributed by atoms with Crippen LogP contribution in [0.5, 0.6) is 0 Å². The smallest absolute Gasteiger partial charge is 0.240 e. The molecule has 0 aromatic heterocycles. The molecule has 0 bridgehead atoms. The third-order valence-electron chi connectivity index (χ3n) is 6.17. The van der Waals surface area contributed by atoms with E-state index in [1.54, 1.807) is 24.3 Å². The summed E-state index contributed by atoms with van der Waals surface area (Å²) < 4.78 is 0. The SMILES string of the molecule is N#Cc1ccccc1C[C@@H](NC(=O)C(c1ccccc1)(c1ccccc1)c1ccccc1)C(N)=O. The Labute approximate surface area is 204 Å². The third-order valence-corrected chi connectivity index (χ3v) is 6.17. The molecule has 172 valence electrons. The number of primary amides is 1. The number of carbonyl (C=O) groups is 2. The molecule has 5 nitrogen and oxygen atoms in total. The van der Waals surface area contributed by atoms with E-state index in [-0.39, 0.29) is 12.3 Å². The molecule has 4 aromatic carbocycles. The molecular formula is C30H25N3O2. The van der Waals surface area contributed by atoms with Crippen molar-refractivity contribution in [1.82, 2.24) is 5.32 Å². The van der Waals surface area contributed by atoms with Crippen LogP contribution in [0.1, 0.15) is 27.8 Å². The highest BCUT2D eigenvalue weighted by Gasteiger charge is 2.44. The van der Waals surface area contributed by atoms with Gasteiger partial charge in [0, 0.05) is 6.42 Å². The largest absolute Gasteiger partial charge is 0.368 e. The number of rotatable bonds is 8. The number of hydrogen-bond acceptors (Lipinski definition) is 3. The molecule has 0 saturated carbocycles. The summed E-state index contributed by atoms with van der Waals surface area (Å²) in [6.07, 6.45) is 0.110. The summed E-state index contributed by atoms with van der Waals surface area (Å²) in [5.41, 5.74) is 7.88. The van der Waals surface area contributed by atoms with Crippen LogP contribution >= 0.6 is 0 Å². The average molecular weight is 460 g/mol. The monoisotopic (exact) mass is 459 g/mol. The molecule has 2 amide bonds. The van der Waals surface area contributed by atoms with Crippen LogP contribution in [0.25, 0.3) is 0 Å². The van der Waals surface area contributed by atoms with E-state index in [0.717, 1.165) is 16.7 Å². The Balaban J connectivity index is 1.85. The van der Waals surface area contributed by atoms with Crippen LogP contribution < -0.4 is 11.1 Å². The van der Waals surface area contributed by atoms with Crippen LogP contribution in [0.2, 0.25) is 0 Å². The number of benzene rings is 4. The van der Waals surface area contributed by atoms with Gasteiger partial charge in [-0.1, -0.05) is 109 Å². The standard InChI is InChI=1S/C30H25N3O2/c31-21-23-13-11-10-12-22(23)20-27(28(32)34)33-29(35)30(24-14-4-1-5-15-24,25-16-6-2-7-17-25)26-18-8-3-9-19-26/h1-19,27H,20H2,(H2,32,34)(H,33,35)/t27-/m1/s1. The molecule has 0 aliphatic rings. The molecule has 3 N–H and O–H groups in total. The van der Waals surface area contributed by atoms with E-state index < -0.39 is 17.4 Å². The van der Waals surface area contributed by atoms with Gasteiger partial charge >= 0.3 is 0 Å². The topological polar surface area (TPSA) is 96.0 Å². The molecule has 0 radical (unpaired) electrons. The number of nitriles is 1. The first-order valence-electron chi connectivity index (χ1n) is 11.3. The maximum atomic E-state index is 14.3. The van der Waals surface area contributed by atoms with E-state index in [0.29, 0.717) is 11.1 Å². The van der Waals surface area contributed by atoms with Crippen LogP contribution in [0.15, 0.2) is 115 Å². The van der Waals surface area contributed by atoms with E-state index in [1.165, 1.54) is 0 Å². The second kappa shape index (κ2) is 10.5. The first kappa shape index (κ1) is 23.5. The molecular weight excluding hydrogens is 434 g/mol. The van der Waals surface area contributed by atoms with Crippen molar-refractivity contribution in [3.05, 3.63) is 143 Å². The zero-order valence-electron chi connectivity index (χ0n) is 19.1. The zero-order valence-corrected chi connectivity index (χ0v) is 19.1. The van der Waals surface area contributed by atoms with Gasteiger partial charge in [0.2, 0.25) is 11.8 Å². The minimum absolute atomic E-state index is 0.110. The second-order valence-corrected chi connectivity index (χ2v) is 8.25. The van der Waals surface area contributed by atoms with Crippen molar-refractivity contribution in [3.63, 3.8) is 0 Å². The van der Waals surface area contributed by atoms with Gasteiger partial charge in [-0.3, -0.25) is 9.59 Å². The molecule has 4 rings (SSSR count). The maximum absolute atomic E-state index is 14.3. The van der Waals surface area contributed by atoms with Gasteiger partial charge in [0.15, 0.2) is 0 Å². The molecule has 0 spiro atoms. The minimum atomic E-state index is -1.23. The zero-order chi connectivity index (χ0) is 24.7. The van der Waals surface area contributed by atoms with Crippen LogP contribution in [0.4, 0.5) is 0 Å². The number of nitrogens with one attached hydrogen (secondary N) is 1. The van der Waals surface area contributed by atoms with Crippen molar-refractivity contribution in [2.75, 3.05) is 0 Å². The van der Waals surface area contributed by atoms with Crippen LogP contribution in [-0.4, -0.2) is 17.9 Å². The Bertz CT molecular complexity index is 1250. The van der Waals surface area contributed by atoms with Crippen molar-refractivity contribution < 1.29 is 9.59 Å². The Morgan fingerprint density at radius 3 is 1.60 bits per heavy atom. The van der Waals surface area contributed by atoms with Gasteiger partial charge < -0.3 is 11.1 Å². The fourth-order valence-corrected chi connectivity index (χ4v) is 4.47. The lowest BCUT2D eigenvalue weighted by Crippen LogP contribution is -2.54. The molecule has 5 heteroatoms. The van der Waals surface area contributed by atoms with Crippen LogP contribution in [0.3, 0.4) is 0 Å². The molecule has 0 aliphatic heterocycles. The number of nitrogens with zero attached hydrogens (tertiary/aromatic N) is 1. The van der Waals surface area contributed by atoms with E-state index >= 15 is 0 Å². The van der Waals surface area contributed by atoms with E-state index in [2.05, 4.69) is 11.4 Å². The van der Waals surface area contributed by atoms with Crippen molar-refractivity contribution in [1.29, 1.82) is 5.26 Å². The Morgan fingerprint density at radius 2 is 1.17 bits per heavy atom. The van der Waals surface area contributed by atoms with Gasteiger partial charge in [0.25, 0.3) is 0 Å². The van der Waals surface area contributed by atoms with Crippen molar-refractivity contribution in [2.45, 2.75) is 17.9 Å². The third kappa shape index (κ3) is 4.68. The fourth-order valence-electron chi connectivity index (χ4n) is 4.47. The average Bonchev–Trinajstić information content (AvgIpc) is 2.91. The van der Waals surface area contributed by atoms with E-state index in [9.17, 15) is 14.9 Å². The van der Waals surface area contributed by atoms with Gasteiger partial charge in [-0.15, -0.1) is 0 Å². The summed E-state index contributed by atoms with van der Waals surface area (Å²) in [4.78, 5) is 26.8. The van der Waals surface area contributed by atoms with Crippen molar-refractivity contribution in [2.24, 2.45) is 5.73 Å². The van der Waals surface area contributed by atoms with Gasteiger partial charge in [0.1, 0.15) is 11.5 Å². The van der Waals surface area contributed by atoms with Crippen LogP contribution in [0, 0.1) is 11.3 Å². The predicted octanol–water partition coefficient (Wildman–Crippen LogP) is 4.11. The predicted molar refractivity (Wildman–Crippen MR) is 135 cm³/mol. The Morgan fingerprint density at radius 1 is 0.743 bits per heavy atom. The number of carbonyl (C=O) groups excluding carboxylic acids is 2. The Hall–Kier alpha value is -4.69. The van der Waals surface area contributed by atoms with Gasteiger partial charge in [0.05, 0.1) is 11.6 Å². The normalized spacial score (nSPS) is 11.7. The minimum Gasteiger partial charge on any atom is -0.368 e. The molecule has 0 unspecified atom stereocenters. The summed E-state index contributed by atoms with van der Waals surface area (Å²) in [7, 11) is 0. The molecule has 1 atom stereocenters. The molecule has 0 heterocycles. The molecule has 0 fully saturated rings. The van der Waals surface area contributed by atoms with E-state index in [4.69, 9.17) is 5.73 Å². The first-order chi connectivity index (χ1) is 17.1. The lowest BCUT2D eigenvalue weighted by atomic mass is 9.68. The first-order valence-corrected chi connectivity index (χ1v) is 11.3. The quantitative estimate of drug-likeness (QED) is 0.388. The molecule has 4 aromatic rings. The second-order valence-electron chi connectivity index (χ2n) is 8.25. The maximum Gasteiger partial charge on any atom is 0.240 e. The summed E-state index contributed by atoms with van der Waals surface area (Å²) in [5, 5.41) is 12.4. The van der Waals surface area contributed by atoms with Crippen molar-refractivity contribution in [3.8, 4) is 6.07 Å².